The number of anilines is 1. The smallest absolute Gasteiger partial charge is 0.312 e. The molecule has 0 spiro atoms. The Kier molecular flexibility index (Phi) is 3.75. The summed E-state index contributed by atoms with van der Waals surface area (Å²) in [5, 5.41) is 20.5. The van der Waals surface area contributed by atoms with Gasteiger partial charge in [0, 0.05) is 18.3 Å². The molecule has 0 radical (unpaired) electrons. The lowest BCUT2D eigenvalue weighted by atomic mass is 10.0. The standard InChI is InChI=1S/C14H10ClN3O5/c15-9-3-8(4-10(14(9)20)18(21)22)12-6-23-13-1-2-16-5-11(13)17(12)7-19/h1-5,7,12,20H,6H2. The third kappa shape index (κ3) is 2.53. The van der Waals surface area contributed by atoms with Gasteiger partial charge in [0.15, 0.2) is 0 Å². The summed E-state index contributed by atoms with van der Waals surface area (Å²) in [5.74, 6) is -0.125. The molecule has 8 nitrogen and oxygen atoms in total. The van der Waals surface area contributed by atoms with Crippen LogP contribution in [0.5, 0.6) is 11.5 Å². The van der Waals surface area contributed by atoms with Crippen LogP contribution in [0.3, 0.4) is 0 Å². The second-order valence-electron chi connectivity index (χ2n) is 4.81. The SMILES string of the molecule is O=CN1c2cnccc2OCC1c1cc(Cl)c(O)c([N+](=O)[O-])c1. The lowest BCUT2D eigenvalue weighted by Gasteiger charge is -2.34. The third-order valence-electron chi connectivity index (χ3n) is 3.53. The minimum absolute atomic E-state index is 0.0913. The highest BCUT2D eigenvalue weighted by Crippen LogP contribution is 2.41. The number of phenols is 1. The van der Waals surface area contributed by atoms with E-state index in [4.69, 9.17) is 16.3 Å². The lowest BCUT2D eigenvalue weighted by Crippen LogP contribution is -2.35. The molecule has 118 valence electrons. The molecule has 1 aliphatic rings. The van der Waals surface area contributed by atoms with Gasteiger partial charge in [-0.15, -0.1) is 0 Å². The van der Waals surface area contributed by atoms with Crippen molar-refractivity contribution in [2.24, 2.45) is 0 Å². The highest BCUT2D eigenvalue weighted by atomic mass is 35.5. The average molecular weight is 336 g/mol. The monoisotopic (exact) mass is 335 g/mol. The predicted molar refractivity (Wildman–Crippen MR) is 80.8 cm³/mol. The summed E-state index contributed by atoms with van der Waals surface area (Å²) in [6.07, 6.45) is 3.59. The maximum Gasteiger partial charge on any atom is 0.312 e. The second-order valence-corrected chi connectivity index (χ2v) is 5.22. The van der Waals surface area contributed by atoms with Gasteiger partial charge in [-0.25, -0.2) is 0 Å². The molecule has 0 saturated heterocycles. The van der Waals surface area contributed by atoms with E-state index in [2.05, 4.69) is 4.98 Å². The van der Waals surface area contributed by atoms with Crippen molar-refractivity contribution in [2.45, 2.75) is 6.04 Å². The molecule has 1 aromatic heterocycles. The number of fused-ring (bicyclic) bond motifs is 1. The van der Waals surface area contributed by atoms with E-state index in [1.165, 1.54) is 29.4 Å². The molecule has 1 aliphatic heterocycles. The topological polar surface area (TPSA) is 106 Å². The van der Waals surface area contributed by atoms with Crippen molar-refractivity contribution in [3.63, 3.8) is 0 Å². The first-order valence-corrected chi connectivity index (χ1v) is 6.88. The zero-order valence-electron chi connectivity index (χ0n) is 11.5. The Labute approximate surface area is 135 Å². The van der Waals surface area contributed by atoms with Crippen LogP contribution in [-0.2, 0) is 4.79 Å². The van der Waals surface area contributed by atoms with Crippen molar-refractivity contribution < 1.29 is 19.6 Å². The average Bonchev–Trinajstić information content (AvgIpc) is 2.55. The van der Waals surface area contributed by atoms with Crippen LogP contribution in [-0.4, -0.2) is 28.0 Å². The number of nitrogens with zero attached hydrogens (tertiary/aromatic N) is 3. The van der Waals surface area contributed by atoms with E-state index in [0.717, 1.165) is 0 Å². The van der Waals surface area contributed by atoms with E-state index in [1.54, 1.807) is 6.07 Å². The zero-order valence-corrected chi connectivity index (χ0v) is 12.3. The number of nitro benzene ring substituents is 1. The Morgan fingerprint density at radius 3 is 3.00 bits per heavy atom. The van der Waals surface area contributed by atoms with Gasteiger partial charge in [0.1, 0.15) is 18.0 Å². The Bertz CT molecular complexity index is 798. The quantitative estimate of drug-likeness (QED) is 0.524. The molecule has 0 fully saturated rings. The van der Waals surface area contributed by atoms with Crippen LogP contribution >= 0.6 is 11.6 Å². The molecule has 0 aliphatic carbocycles. The lowest BCUT2D eigenvalue weighted by molar-refractivity contribution is -0.385. The number of aromatic hydroxyl groups is 1. The molecular weight excluding hydrogens is 326 g/mol. The zero-order chi connectivity index (χ0) is 16.6. The van der Waals surface area contributed by atoms with Crippen LogP contribution in [0.15, 0.2) is 30.6 Å². The first kappa shape index (κ1) is 15.0. The number of aromatic nitrogens is 1. The Hall–Kier alpha value is -2.87. The number of nitro groups is 1. The van der Waals surface area contributed by atoms with E-state index >= 15 is 0 Å². The van der Waals surface area contributed by atoms with Crippen LogP contribution in [0.25, 0.3) is 0 Å². The van der Waals surface area contributed by atoms with Gasteiger partial charge in [-0.2, -0.15) is 0 Å². The van der Waals surface area contributed by atoms with E-state index in [0.29, 0.717) is 23.4 Å². The molecule has 1 unspecified atom stereocenters. The fourth-order valence-electron chi connectivity index (χ4n) is 2.43. The van der Waals surface area contributed by atoms with Crippen LogP contribution in [0.1, 0.15) is 11.6 Å². The number of halogens is 1. The third-order valence-corrected chi connectivity index (χ3v) is 3.82. The summed E-state index contributed by atoms with van der Waals surface area (Å²) < 4.78 is 5.58. The molecule has 23 heavy (non-hydrogen) atoms. The number of hydrogen-bond acceptors (Lipinski definition) is 6. The highest BCUT2D eigenvalue weighted by Gasteiger charge is 2.31. The van der Waals surface area contributed by atoms with Crippen LogP contribution in [0, 0.1) is 10.1 Å². The van der Waals surface area contributed by atoms with Gasteiger partial charge >= 0.3 is 5.69 Å². The highest BCUT2D eigenvalue weighted by molar-refractivity contribution is 6.32. The van der Waals surface area contributed by atoms with Crippen molar-refractivity contribution in [3.05, 3.63) is 51.3 Å². The molecule has 3 rings (SSSR count). The summed E-state index contributed by atoms with van der Waals surface area (Å²) in [7, 11) is 0. The number of carbonyl (C=O) groups is 1. The van der Waals surface area contributed by atoms with Gasteiger partial charge in [-0.05, 0) is 11.6 Å². The van der Waals surface area contributed by atoms with Crippen molar-refractivity contribution in [2.75, 3.05) is 11.5 Å². The molecule has 0 bridgehead atoms. The first-order valence-electron chi connectivity index (χ1n) is 6.50. The molecule has 1 atom stereocenters. The van der Waals surface area contributed by atoms with Crippen LogP contribution < -0.4 is 9.64 Å². The molecule has 2 aromatic rings. The predicted octanol–water partition coefficient (Wildman–Crippen LogP) is 2.45. The number of benzene rings is 1. The largest absolute Gasteiger partial charge is 0.501 e. The number of hydrogen-bond donors (Lipinski definition) is 1. The van der Waals surface area contributed by atoms with Crippen LogP contribution in [0.2, 0.25) is 5.02 Å². The van der Waals surface area contributed by atoms with Crippen molar-refractivity contribution in [1.82, 2.24) is 4.98 Å². The fourth-order valence-corrected chi connectivity index (χ4v) is 2.65. The molecule has 0 saturated carbocycles. The summed E-state index contributed by atoms with van der Waals surface area (Å²) in [6.45, 7) is 0.0913. The summed E-state index contributed by atoms with van der Waals surface area (Å²) in [6, 6.07) is 3.54. The summed E-state index contributed by atoms with van der Waals surface area (Å²) in [5.41, 5.74) is 0.294. The molecule has 1 N–H and O–H groups in total. The Morgan fingerprint density at radius 2 is 2.30 bits per heavy atom. The number of phenolic OH excluding ortho intramolecular Hbond substituents is 1. The molecular formula is C14H10ClN3O5. The molecule has 2 heterocycles. The van der Waals surface area contributed by atoms with Gasteiger partial charge in [0.2, 0.25) is 12.2 Å². The van der Waals surface area contributed by atoms with Crippen molar-refractivity contribution in [3.8, 4) is 11.5 Å². The molecule has 1 amide bonds. The minimum atomic E-state index is -0.741. The van der Waals surface area contributed by atoms with Gasteiger partial charge in [-0.1, -0.05) is 11.6 Å². The van der Waals surface area contributed by atoms with Crippen molar-refractivity contribution >= 4 is 29.4 Å². The number of rotatable bonds is 3. The van der Waals surface area contributed by atoms with Crippen molar-refractivity contribution in [1.29, 1.82) is 0 Å². The van der Waals surface area contributed by atoms with E-state index in [-0.39, 0.29) is 11.6 Å². The van der Waals surface area contributed by atoms with Gasteiger partial charge in [0.05, 0.1) is 22.2 Å². The van der Waals surface area contributed by atoms with E-state index < -0.39 is 22.4 Å². The Balaban J connectivity index is 2.09. The normalized spacial score (nSPS) is 16.4. The maximum atomic E-state index is 11.5. The van der Waals surface area contributed by atoms with Gasteiger partial charge in [0.25, 0.3) is 0 Å². The molecule has 1 aromatic carbocycles. The van der Waals surface area contributed by atoms with Gasteiger partial charge < -0.3 is 9.84 Å². The fraction of sp³-hybridized carbons (Fsp3) is 0.143. The number of pyridine rings is 1. The summed E-state index contributed by atoms with van der Waals surface area (Å²) in [4.78, 5) is 27.1. The summed E-state index contributed by atoms with van der Waals surface area (Å²) >= 11 is 5.86. The molecule has 9 heteroatoms. The number of carbonyl (C=O) groups excluding carboxylic acids is 1. The van der Waals surface area contributed by atoms with E-state index in [9.17, 15) is 20.0 Å². The number of ether oxygens (including phenoxy) is 1. The number of amides is 1. The van der Waals surface area contributed by atoms with Crippen LogP contribution in [0.4, 0.5) is 11.4 Å². The maximum absolute atomic E-state index is 11.5. The van der Waals surface area contributed by atoms with Gasteiger partial charge in [-0.3, -0.25) is 24.8 Å². The first-order chi connectivity index (χ1) is 11.0. The Morgan fingerprint density at radius 1 is 1.52 bits per heavy atom. The second kappa shape index (κ2) is 5.73. The van der Waals surface area contributed by atoms with E-state index in [1.807, 2.05) is 0 Å². The minimum Gasteiger partial charge on any atom is -0.501 e.